The molecule has 1 amide bonds. The second-order valence-electron chi connectivity index (χ2n) is 5.62. The van der Waals surface area contributed by atoms with Gasteiger partial charge in [0.2, 0.25) is 5.95 Å². The van der Waals surface area contributed by atoms with Crippen LogP contribution in [0.5, 0.6) is 0 Å². The quantitative estimate of drug-likeness (QED) is 0.711. The molecule has 6 heteroatoms. The van der Waals surface area contributed by atoms with Crippen molar-refractivity contribution in [3.05, 3.63) is 76.6 Å². The smallest absolute Gasteiger partial charge is 0.274 e. The first-order valence-electron chi connectivity index (χ1n) is 7.76. The van der Waals surface area contributed by atoms with E-state index in [1.54, 1.807) is 12.1 Å². The van der Waals surface area contributed by atoms with Crippen LogP contribution in [0.1, 0.15) is 21.7 Å². The van der Waals surface area contributed by atoms with E-state index in [2.05, 4.69) is 20.6 Å². The van der Waals surface area contributed by atoms with Gasteiger partial charge in [-0.2, -0.15) is 0 Å². The first-order valence-corrected chi connectivity index (χ1v) is 8.14. The molecule has 0 bridgehead atoms. The van der Waals surface area contributed by atoms with Gasteiger partial charge in [0.1, 0.15) is 5.69 Å². The Labute approximate surface area is 151 Å². The minimum absolute atomic E-state index is 0.285. The number of aromatic nitrogens is 2. The normalized spacial score (nSPS) is 10.4. The van der Waals surface area contributed by atoms with Crippen LogP contribution in [0, 0.1) is 13.8 Å². The lowest BCUT2D eigenvalue weighted by Crippen LogP contribution is -2.15. The third kappa shape index (κ3) is 4.33. The second kappa shape index (κ2) is 7.32. The summed E-state index contributed by atoms with van der Waals surface area (Å²) in [6, 6.07) is 16.4. The molecule has 2 aromatic carbocycles. The molecule has 0 aliphatic carbocycles. The lowest BCUT2D eigenvalue weighted by molar-refractivity contribution is 0.102. The van der Waals surface area contributed by atoms with Crippen LogP contribution >= 0.6 is 11.6 Å². The van der Waals surface area contributed by atoms with Gasteiger partial charge in [0.15, 0.2) is 0 Å². The molecular formula is C19H17ClN4O. The van der Waals surface area contributed by atoms with E-state index < -0.39 is 0 Å². The van der Waals surface area contributed by atoms with Crippen molar-refractivity contribution in [1.29, 1.82) is 0 Å². The van der Waals surface area contributed by atoms with Crippen molar-refractivity contribution >= 4 is 34.8 Å². The van der Waals surface area contributed by atoms with Crippen molar-refractivity contribution in [1.82, 2.24) is 9.97 Å². The summed E-state index contributed by atoms with van der Waals surface area (Å²) < 4.78 is 0. The van der Waals surface area contributed by atoms with E-state index in [-0.39, 0.29) is 5.91 Å². The Hall–Kier alpha value is -2.92. The maximum atomic E-state index is 12.4. The topological polar surface area (TPSA) is 66.9 Å². The highest BCUT2D eigenvalue weighted by atomic mass is 35.5. The molecule has 3 rings (SSSR count). The van der Waals surface area contributed by atoms with Gasteiger partial charge >= 0.3 is 0 Å². The van der Waals surface area contributed by atoms with Crippen LogP contribution in [-0.4, -0.2) is 15.9 Å². The third-order valence-corrected chi connectivity index (χ3v) is 3.79. The summed E-state index contributed by atoms with van der Waals surface area (Å²) in [7, 11) is 0. The lowest BCUT2D eigenvalue weighted by atomic mass is 10.2. The van der Waals surface area contributed by atoms with Crippen LogP contribution in [-0.2, 0) is 0 Å². The average molecular weight is 353 g/mol. The van der Waals surface area contributed by atoms with Crippen molar-refractivity contribution in [3.63, 3.8) is 0 Å². The number of hydrogen-bond donors (Lipinski definition) is 2. The highest BCUT2D eigenvalue weighted by Gasteiger charge is 2.12. The van der Waals surface area contributed by atoms with Crippen molar-refractivity contribution in [2.24, 2.45) is 0 Å². The van der Waals surface area contributed by atoms with Crippen LogP contribution in [0.15, 0.2) is 54.6 Å². The van der Waals surface area contributed by atoms with Crippen LogP contribution < -0.4 is 10.6 Å². The molecule has 3 aromatic rings. The predicted octanol–water partition coefficient (Wildman–Crippen LogP) is 4.74. The first-order chi connectivity index (χ1) is 12.0. The van der Waals surface area contributed by atoms with Gasteiger partial charge in [0.05, 0.1) is 0 Å². The number of halogens is 1. The molecule has 0 saturated carbocycles. The van der Waals surface area contributed by atoms with E-state index in [1.165, 1.54) is 0 Å². The van der Waals surface area contributed by atoms with Gasteiger partial charge in [-0.15, -0.1) is 0 Å². The molecule has 126 valence electrons. The van der Waals surface area contributed by atoms with Gasteiger partial charge in [-0.25, -0.2) is 9.97 Å². The van der Waals surface area contributed by atoms with Gasteiger partial charge in [-0.1, -0.05) is 29.8 Å². The van der Waals surface area contributed by atoms with E-state index in [4.69, 9.17) is 11.6 Å². The molecule has 25 heavy (non-hydrogen) atoms. The summed E-state index contributed by atoms with van der Waals surface area (Å²) in [5.41, 5.74) is 3.51. The maximum absolute atomic E-state index is 12.4. The zero-order valence-electron chi connectivity index (χ0n) is 13.9. The van der Waals surface area contributed by atoms with Crippen molar-refractivity contribution < 1.29 is 4.79 Å². The number of para-hydroxylation sites is 1. The van der Waals surface area contributed by atoms with Crippen LogP contribution in [0.25, 0.3) is 0 Å². The molecule has 5 nitrogen and oxygen atoms in total. The number of anilines is 3. The second-order valence-corrected chi connectivity index (χ2v) is 6.06. The Morgan fingerprint density at radius 3 is 2.48 bits per heavy atom. The van der Waals surface area contributed by atoms with E-state index in [0.717, 1.165) is 11.3 Å². The summed E-state index contributed by atoms with van der Waals surface area (Å²) in [6.07, 6.45) is 0. The van der Waals surface area contributed by atoms with Crippen LogP contribution in [0.3, 0.4) is 0 Å². The number of nitrogens with zero attached hydrogens (tertiary/aromatic N) is 2. The van der Waals surface area contributed by atoms with Gasteiger partial charge in [-0.3, -0.25) is 4.79 Å². The van der Waals surface area contributed by atoms with Gasteiger partial charge in [-0.05, 0) is 55.8 Å². The Balaban J connectivity index is 1.84. The van der Waals surface area contributed by atoms with Gasteiger partial charge < -0.3 is 10.6 Å². The zero-order valence-corrected chi connectivity index (χ0v) is 14.6. The van der Waals surface area contributed by atoms with E-state index >= 15 is 0 Å². The molecule has 0 fully saturated rings. The predicted molar refractivity (Wildman–Crippen MR) is 101 cm³/mol. The molecule has 1 heterocycles. The molecule has 0 aliphatic heterocycles. The summed E-state index contributed by atoms with van der Waals surface area (Å²) >= 11 is 5.98. The molecule has 0 saturated heterocycles. The number of carbonyl (C=O) groups is 1. The minimum atomic E-state index is -0.285. The van der Waals surface area contributed by atoms with E-state index in [1.807, 2.05) is 56.3 Å². The number of aryl methyl sites for hydroxylation is 2. The first kappa shape index (κ1) is 16.9. The Morgan fingerprint density at radius 2 is 1.76 bits per heavy atom. The molecule has 1 aromatic heterocycles. The number of nitrogens with one attached hydrogen (secondary N) is 2. The highest BCUT2D eigenvalue weighted by Crippen LogP contribution is 2.22. The SMILES string of the molecule is Cc1cc(C(=O)Nc2ccccc2)nc(Nc2ccc(Cl)cc2C)n1. The fourth-order valence-corrected chi connectivity index (χ4v) is 2.57. The standard InChI is InChI=1S/C19H17ClN4O/c1-12-10-14(20)8-9-16(12)23-19-21-13(2)11-17(24-19)18(25)22-15-6-4-3-5-7-15/h3-11H,1-2H3,(H,22,25)(H,21,23,24). The van der Waals surface area contributed by atoms with Gasteiger partial charge in [0.25, 0.3) is 5.91 Å². The fourth-order valence-electron chi connectivity index (χ4n) is 2.35. The Kier molecular flexibility index (Phi) is 4.95. The van der Waals surface area contributed by atoms with Crippen molar-refractivity contribution in [3.8, 4) is 0 Å². The van der Waals surface area contributed by atoms with E-state index in [0.29, 0.717) is 28.0 Å². The number of hydrogen-bond acceptors (Lipinski definition) is 4. The number of amides is 1. The summed E-state index contributed by atoms with van der Waals surface area (Å²) in [4.78, 5) is 21.1. The molecule has 0 radical (unpaired) electrons. The zero-order chi connectivity index (χ0) is 17.8. The minimum Gasteiger partial charge on any atom is -0.324 e. The highest BCUT2D eigenvalue weighted by molar-refractivity contribution is 6.30. The molecular weight excluding hydrogens is 336 g/mol. The lowest BCUT2D eigenvalue weighted by Gasteiger charge is -2.11. The average Bonchev–Trinajstić information content (AvgIpc) is 2.58. The summed E-state index contributed by atoms with van der Waals surface area (Å²) in [5, 5.41) is 6.62. The molecule has 0 spiro atoms. The maximum Gasteiger partial charge on any atom is 0.274 e. The molecule has 0 aliphatic rings. The molecule has 0 unspecified atom stereocenters. The number of carbonyl (C=O) groups excluding carboxylic acids is 1. The molecule has 2 N–H and O–H groups in total. The van der Waals surface area contributed by atoms with Gasteiger partial charge in [0, 0.05) is 22.1 Å². The number of benzene rings is 2. The Bertz CT molecular complexity index is 913. The number of rotatable bonds is 4. The van der Waals surface area contributed by atoms with E-state index in [9.17, 15) is 4.79 Å². The summed E-state index contributed by atoms with van der Waals surface area (Å²) in [6.45, 7) is 3.76. The largest absolute Gasteiger partial charge is 0.324 e. The van der Waals surface area contributed by atoms with Crippen LogP contribution in [0.4, 0.5) is 17.3 Å². The Morgan fingerprint density at radius 1 is 1.00 bits per heavy atom. The van der Waals surface area contributed by atoms with Crippen molar-refractivity contribution in [2.75, 3.05) is 10.6 Å². The summed E-state index contributed by atoms with van der Waals surface area (Å²) in [5.74, 6) is 0.0798. The van der Waals surface area contributed by atoms with Crippen molar-refractivity contribution in [2.45, 2.75) is 13.8 Å². The fraction of sp³-hybridized carbons (Fsp3) is 0.105. The third-order valence-electron chi connectivity index (χ3n) is 3.55. The van der Waals surface area contributed by atoms with Crippen LogP contribution in [0.2, 0.25) is 5.02 Å². The monoisotopic (exact) mass is 352 g/mol. The molecule has 0 atom stereocenters.